The van der Waals surface area contributed by atoms with Crippen molar-refractivity contribution >= 4 is 27.9 Å². The third-order valence-corrected chi connectivity index (χ3v) is 6.05. The molecule has 0 aliphatic carbocycles. The number of morpholine rings is 1. The number of methoxy groups -OCH3 is 1. The van der Waals surface area contributed by atoms with Crippen molar-refractivity contribution in [3.8, 4) is 11.5 Å². The largest absolute Gasteiger partial charge is 0.513 e. The number of nitrogens with zero attached hydrogens (tertiary/aromatic N) is 2. The van der Waals surface area contributed by atoms with Gasteiger partial charge in [-0.3, -0.25) is 4.90 Å². The molecule has 1 aliphatic rings. The van der Waals surface area contributed by atoms with Crippen LogP contribution in [0.1, 0.15) is 13.8 Å². The lowest BCUT2D eigenvalue weighted by Crippen LogP contribution is -2.40. The Labute approximate surface area is 164 Å². The molecule has 1 saturated heterocycles. The van der Waals surface area contributed by atoms with Crippen LogP contribution in [0.15, 0.2) is 18.2 Å². The first kappa shape index (κ1) is 21.5. The third-order valence-electron chi connectivity index (χ3n) is 4.29. The molecule has 27 heavy (non-hydrogen) atoms. The van der Waals surface area contributed by atoms with Crippen molar-refractivity contribution in [2.45, 2.75) is 13.8 Å². The molecule has 0 radical (unpaired) electrons. The van der Waals surface area contributed by atoms with E-state index in [4.69, 9.17) is 18.9 Å². The van der Waals surface area contributed by atoms with Gasteiger partial charge in [0.25, 0.3) is 0 Å². The van der Waals surface area contributed by atoms with Crippen molar-refractivity contribution in [1.29, 1.82) is 0 Å². The van der Waals surface area contributed by atoms with Gasteiger partial charge in [0, 0.05) is 32.2 Å². The zero-order chi connectivity index (χ0) is 19.6. The number of hydrogen-bond donors (Lipinski definition) is 0. The molecular weight excluding hydrogens is 368 g/mol. The van der Waals surface area contributed by atoms with Crippen LogP contribution in [0.5, 0.6) is 11.5 Å². The Bertz CT molecular complexity index is 647. The molecule has 8 heteroatoms. The molecular formula is C19H30N2O5S. The van der Waals surface area contributed by atoms with Crippen LogP contribution in [0, 0.1) is 0 Å². The molecule has 0 N–H and O–H groups in total. The molecule has 0 spiro atoms. The lowest BCUT2D eigenvalue weighted by atomic mass is 10.2. The van der Waals surface area contributed by atoms with E-state index in [1.807, 2.05) is 12.1 Å². The molecule has 1 aromatic carbocycles. The SMILES string of the molecule is C/C=S(/C)N(CCN1CCOCC1)c1cc(OC(=O)OCC)ccc1OC. The van der Waals surface area contributed by atoms with Gasteiger partial charge >= 0.3 is 6.16 Å². The van der Waals surface area contributed by atoms with E-state index in [0.717, 1.165) is 50.8 Å². The summed E-state index contributed by atoms with van der Waals surface area (Å²) in [6.45, 7) is 9.30. The first-order valence-electron chi connectivity index (χ1n) is 9.13. The van der Waals surface area contributed by atoms with Gasteiger partial charge in [-0.1, -0.05) is 0 Å². The van der Waals surface area contributed by atoms with Crippen LogP contribution >= 0.6 is 10.7 Å². The summed E-state index contributed by atoms with van der Waals surface area (Å²) in [5.41, 5.74) is 0.900. The molecule has 7 nitrogen and oxygen atoms in total. The minimum atomic E-state index is -0.703. The number of ether oxygens (including phenoxy) is 4. The number of rotatable bonds is 8. The second kappa shape index (κ2) is 11.2. The quantitative estimate of drug-likeness (QED) is 0.379. The predicted octanol–water partition coefficient (Wildman–Crippen LogP) is 3.00. The first-order chi connectivity index (χ1) is 13.1. The summed E-state index contributed by atoms with van der Waals surface area (Å²) >= 11 is 0. The number of benzene rings is 1. The maximum absolute atomic E-state index is 11.7. The highest BCUT2D eigenvalue weighted by Crippen LogP contribution is 2.37. The summed E-state index contributed by atoms with van der Waals surface area (Å²) in [6, 6.07) is 5.36. The number of carbonyl (C=O) groups excluding carboxylic acids is 1. The van der Waals surface area contributed by atoms with Gasteiger partial charge in [-0.25, -0.2) is 4.79 Å². The van der Waals surface area contributed by atoms with Crippen molar-refractivity contribution < 1.29 is 23.7 Å². The Hall–Kier alpha value is -1.77. The molecule has 1 unspecified atom stereocenters. The summed E-state index contributed by atoms with van der Waals surface area (Å²) in [4.78, 5) is 14.1. The summed E-state index contributed by atoms with van der Waals surface area (Å²) in [5, 5.41) is 2.16. The van der Waals surface area contributed by atoms with E-state index in [9.17, 15) is 4.79 Å². The molecule has 1 aromatic rings. The normalized spacial score (nSPS) is 16.0. The smallest absolute Gasteiger partial charge is 0.495 e. The molecule has 0 aromatic heterocycles. The van der Waals surface area contributed by atoms with Gasteiger partial charge in [0.05, 0.1) is 32.6 Å². The van der Waals surface area contributed by atoms with E-state index >= 15 is 0 Å². The van der Waals surface area contributed by atoms with Crippen LogP contribution in [0.3, 0.4) is 0 Å². The fourth-order valence-corrected chi connectivity index (χ4v) is 3.85. The lowest BCUT2D eigenvalue weighted by molar-refractivity contribution is 0.0395. The Morgan fingerprint density at radius 1 is 1.37 bits per heavy atom. The van der Waals surface area contributed by atoms with Gasteiger partial charge in [-0.15, -0.1) is 10.7 Å². The number of anilines is 1. The molecule has 1 fully saturated rings. The summed E-state index contributed by atoms with van der Waals surface area (Å²) in [7, 11) is 1.54. The van der Waals surface area contributed by atoms with Crippen LogP contribution in [-0.4, -0.2) is 75.8 Å². The summed E-state index contributed by atoms with van der Waals surface area (Å²) in [5.74, 6) is 1.18. The van der Waals surface area contributed by atoms with Gasteiger partial charge in [0.15, 0.2) is 0 Å². The molecule has 1 atom stereocenters. The van der Waals surface area contributed by atoms with E-state index in [-0.39, 0.29) is 17.3 Å². The van der Waals surface area contributed by atoms with Crippen molar-refractivity contribution in [3.05, 3.63) is 18.2 Å². The second-order valence-corrected chi connectivity index (χ2v) is 7.89. The van der Waals surface area contributed by atoms with Gasteiger partial charge in [0.2, 0.25) is 0 Å². The van der Waals surface area contributed by atoms with Crippen molar-refractivity contribution in [1.82, 2.24) is 4.90 Å². The molecule has 1 aliphatic heterocycles. The van der Waals surface area contributed by atoms with Crippen molar-refractivity contribution in [2.24, 2.45) is 0 Å². The molecule has 1 heterocycles. The summed E-state index contributed by atoms with van der Waals surface area (Å²) in [6.07, 6.45) is 1.46. The number of hydrogen-bond acceptors (Lipinski definition) is 7. The topological polar surface area (TPSA) is 60.5 Å². The highest BCUT2D eigenvalue weighted by atomic mass is 32.2. The fourth-order valence-electron chi connectivity index (χ4n) is 2.78. The molecule has 152 valence electrons. The van der Waals surface area contributed by atoms with Crippen LogP contribution in [0.25, 0.3) is 0 Å². The highest BCUT2D eigenvalue weighted by Gasteiger charge is 2.18. The van der Waals surface area contributed by atoms with Crippen LogP contribution in [0.4, 0.5) is 10.5 Å². The minimum Gasteiger partial charge on any atom is -0.495 e. The van der Waals surface area contributed by atoms with Crippen molar-refractivity contribution in [2.75, 3.05) is 63.7 Å². The van der Waals surface area contributed by atoms with E-state index in [0.29, 0.717) is 5.75 Å². The first-order valence-corrected chi connectivity index (χ1v) is 10.8. The third kappa shape index (κ3) is 6.41. The fraction of sp³-hybridized carbons (Fsp3) is 0.579. The van der Waals surface area contributed by atoms with Crippen molar-refractivity contribution in [3.63, 3.8) is 0 Å². The van der Waals surface area contributed by atoms with E-state index in [1.54, 1.807) is 20.1 Å². The Balaban J connectivity index is 2.22. The maximum atomic E-state index is 11.7. The summed E-state index contributed by atoms with van der Waals surface area (Å²) < 4.78 is 23.4. The van der Waals surface area contributed by atoms with Crippen LogP contribution in [0.2, 0.25) is 0 Å². The molecule has 0 saturated carbocycles. The van der Waals surface area contributed by atoms with Gasteiger partial charge in [-0.05, 0) is 37.6 Å². The number of carbonyl (C=O) groups is 1. The van der Waals surface area contributed by atoms with Crippen LogP contribution < -0.4 is 13.8 Å². The monoisotopic (exact) mass is 398 g/mol. The zero-order valence-corrected chi connectivity index (χ0v) is 17.4. The van der Waals surface area contributed by atoms with Crippen LogP contribution in [-0.2, 0) is 9.47 Å². The Kier molecular flexibility index (Phi) is 8.90. The highest BCUT2D eigenvalue weighted by molar-refractivity contribution is 8.15. The second-order valence-electron chi connectivity index (χ2n) is 5.93. The Morgan fingerprint density at radius 3 is 2.74 bits per heavy atom. The molecule has 2 rings (SSSR count). The standard InChI is InChI=1S/C19H30N2O5S/c1-5-25-19(22)26-16-7-8-18(23-3)17(15-16)21(27(4)6-2)10-9-20-11-13-24-14-12-20/h6-8,15H,5,9-14H2,1-4H3. The lowest BCUT2D eigenvalue weighted by Gasteiger charge is -2.32. The zero-order valence-electron chi connectivity index (χ0n) is 16.6. The van der Waals surface area contributed by atoms with E-state index in [1.165, 1.54) is 0 Å². The molecule has 0 bridgehead atoms. The van der Waals surface area contributed by atoms with Gasteiger partial charge in [0.1, 0.15) is 11.5 Å². The van der Waals surface area contributed by atoms with E-state index < -0.39 is 6.16 Å². The predicted molar refractivity (Wildman–Crippen MR) is 111 cm³/mol. The van der Waals surface area contributed by atoms with Gasteiger partial charge in [-0.2, -0.15) is 0 Å². The minimum absolute atomic E-state index is 0.108. The van der Waals surface area contributed by atoms with E-state index in [2.05, 4.69) is 27.8 Å². The maximum Gasteiger partial charge on any atom is 0.513 e. The average Bonchev–Trinajstić information content (AvgIpc) is 2.69. The Morgan fingerprint density at radius 2 is 2.11 bits per heavy atom. The molecule has 0 amide bonds. The van der Waals surface area contributed by atoms with Gasteiger partial charge < -0.3 is 23.3 Å². The average molecular weight is 399 g/mol.